The highest BCUT2D eigenvalue weighted by Crippen LogP contribution is 2.37. The molecule has 1 N–H and O–H groups in total. The van der Waals surface area contributed by atoms with Gasteiger partial charge in [0.05, 0.1) is 22.5 Å². The molecule has 192 valence electrons. The molecule has 0 heterocycles. The molecule has 0 aliphatic rings. The largest absolute Gasteiger partial charge is 0.463 e. The summed E-state index contributed by atoms with van der Waals surface area (Å²) in [4.78, 5) is 32.8. The van der Waals surface area contributed by atoms with E-state index < -0.39 is 18.2 Å². The monoisotopic (exact) mass is 499 g/mol. The molecule has 0 fully saturated rings. The van der Waals surface area contributed by atoms with Crippen molar-refractivity contribution in [2.24, 2.45) is 0 Å². The topological polar surface area (TPSA) is 143 Å². The van der Waals surface area contributed by atoms with Crippen LogP contribution in [-0.4, -0.2) is 57.1 Å². The number of benzene rings is 1. The molecule has 12 heteroatoms. The summed E-state index contributed by atoms with van der Waals surface area (Å²) in [6, 6.07) is 3.48. The quantitative estimate of drug-likeness (QED) is 0.115. The van der Waals surface area contributed by atoms with Gasteiger partial charge >= 0.3 is 5.97 Å². The SMILES string of the molecule is COC[C@@H](COC(=O)CCCCCNc1ccc([N+](=O)[O-])cc1[N+](=O)[O-])O[Si](C)(C)C(C)(C)C. The molecule has 0 unspecified atom stereocenters. The lowest BCUT2D eigenvalue weighted by Gasteiger charge is -2.38. The van der Waals surface area contributed by atoms with Crippen molar-refractivity contribution in [1.29, 1.82) is 0 Å². The Morgan fingerprint density at radius 3 is 2.32 bits per heavy atom. The third kappa shape index (κ3) is 9.73. The molecular weight excluding hydrogens is 462 g/mol. The number of carbonyl (C=O) groups excluding carboxylic acids is 1. The molecule has 1 aromatic rings. The van der Waals surface area contributed by atoms with Gasteiger partial charge in [0.1, 0.15) is 18.4 Å². The maximum atomic E-state index is 12.1. The van der Waals surface area contributed by atoms with Crippen LogP contribution in [0, 0.1) is 20.2 Å². The van der Waals surface area contributed by atoms with E-state index in [-0.39, 0.29) is 47.2 Å². The standard InChI is InChI=1S/C22H37N3O8Si/c1-22(2,3)34(5,6)33-18(15-31-4)16-32-21(26)10-8-7-9-13-23-19-12-11-17(24(27)28)14-20(19)25(29)30/h11-12,14,18,23H,7-10,13,15-16H2,1-6H3/t18-/m0/s1. The lowest BCUT2D eigenvalue weighted by Crippen LogP contribution is -2.46. The van der Waals surface area contributed by atoms with Gasteiger partial charge in [0.2, 0.25) is 0 Å². The third-order valence-corrected chi connectivity index (χ3v) is 10.3. The Kier molecular flexibility index (Phi) is 11.6. The number of ether oxygens (including phenoxy) is 2. The molecule has 0 saturated heterocycles. The number of carbonyl (C=O) groups is 1. The fourth-order valence-corrected chi connectivity index (χ4v) is 4.20. The zero-order valence-corrected chi connectivity index (χ0v) is 21.9. The van der Waals surface area contributed by atoms with Gasteiger partial charge in [0, 0.05) is 26.1 Å². The predicted molar refractivity (Wildman–Crippen MR) is 132 cm³/mol. The molecule has 0 saturated carbocycles. The molecule has 0 aliphatic heterocycles. The first-order valence-electron chi connectivity index (χ1n) is 11.3. The number of hydrogen-bond acceptors (Lipinski definition) is 9. The normalized spacial score (nSPS) is 12.8. The number of anilines is 1. The fourth-order valence-electron chi connectivity index (χ4n) is 2.88. The fraction of sp³-hybridized carbons (Fsp3) is 0.682. The number of unbranched alkanes of at least 4 members (excludes halogenated alkanes) is 2. The number of methoxy groups -OCH3 is 1. The highest BCUT2D eigenvalue weighted by Gasteiger charge is 2.39. The second-order valence-corrected chi connectivity index (χ2v) is 14.3. The predicted octanol–water partition coefficient (Wildman–Crippen LogP) is 5.06. The minimum atomic E-state index is -2.02. The molecule has 0 radical (unpaired) electrons. The van der Waals surface area contributed by atoms with Crippen LogP contribution >= 0.6 is 0 Å². The molecule has 0 spiro atoms. The lowest BCUT2D eigenvalue weighted by molar-refractivity contribution is -0.393. The van der Waals surface area contributed by atoms with E-state index in [9.17, 15) is 25.0 Å². The molecule has 0 bridgehead atoms. The second kappa shape index (κ2) is 13.3. The number of non-ortho nitro benzene ring substituents is 1. The van der Waals surface area contributed by atoms with Gasteiger partial charge in [-0.2, -0.15) is 0 Å². The summed E-state index contributed by atoms with van der Waals surface area (Å²) in [7, 11) is -0.433. The smallest absolute Gasteiger partial charge is 0.305 e. The van der Waals surface area contributed by atoms with Crippen molar-refractivity contribution < 1.29 is 28.5 Å². The average molecular weight is 500 g/mol. The third-order valence-electron chi connectivity index (χ3n) is 5.81. The van der Waals surface area contributed by atoms with Crippen LogP contribution in [0.15, 0.2) is 18.2 Å². The van der Waals surface area contributed by atoms with Crippen LogP contribution in [0.3, 0.4) is 0 Å². The van der Waals surface area contributed by atoms with Crippen molar-refractivity contribution >= 4 is 31.3 Å². The average Bonchev–Trinajstić information content (AvgIpc) is 2.73. The van der Waals surface area contributed by atoms with Gasteiger partial charge in [-0.25, -0.2) is 0 Å². The molecule has 0 aliphatic carbocycles. The Balaban J connectivity index is 2.39. The minimum absolute atomic E-state index is 0.0337. The maximum absolute atomic E-state index is 12.1. The Morgan fingerprint density at radius 2 is 1.76 bits per heavy atom. The zero-order valence-electron chi connectivity index (χ0n) is 20.9. The second-order valence-electron chi connectivity index (χ2n) is 9.59. The van der Waals surface area contributed by atoms with Gasteiger partial charge in [0.15, 0.2) is 8.32 Å². The van der Waals surface area contributed by atoms with Crippen molar-refractivity contribution in [3.05, 3.63) is 38.4 Å². The van der Waals surface area contributed by atoms with Gasteiger partial charge in [-0.05, 0) is 37.0 Å². The van der Waals surface area contributed by atoms with Gasteiger partial charge in [-0.3, -0.25) is 25.0 Å². The first-order chi connectivity index (χ1) is 15.8. The highest BCUT2D eigenvalue weighted by atomic mass is 28.4. The number of esters is 1. The summed E-state index contributed by atoms with van der Waals surface area (Å²) >= 11 is 0. The van der Waals surface area contributed by atoms with E-state index in [1.165, 1.54) is 12.1 Å². The van der Waals surface area contributed by atoms with Crippen LogP contribution in [0.5, 0.6) is 0 Å². The number of nitrogens with one attached hydrogen (secondary N) is 1. The van der Waals surface area contributed by atoms with E-state index in [1.54, 1.807) is 7.11 Å². The van der Waals surface area contributed by atoms with Crippen LogP contribution in [0.4, 0.5) is 17.1 Å². The molecule has 0 aromatic heterocycles. The molecule has 11 nitrogen and oxygen atoms in total. The van der Waals surface area contributed by atoms with Crippen molar-refractivity contribution in [2.75, 3.05) is 32.2 Å². The van der Waals surface area contributed by atoms with Crippen molar-refractivity contribution in [1.82, 2.24) is 0 Å². The first-order valence-corrected chi connectivity index (χ1v) is 14.2. The van der Waals surface area contributed by atoms with Gasteiger partial charge in [0.25, 0.3) is 11.4 Å². The van der Waals surface area contributed by atoms with E-state index in [0.717, 1.165) is 6.07 Å². The minimum Gasteiger partial charge on any atom is -0.463 e. The van der Waals surface area contributed by atoms with E-state index >= 15 is 0 Å². The Hall–Kier alpha value is -2.57. The summed E-state index contributed by atoms with van der Waals surface area (Å²) in [5.41, 5.74) is -0.456. The Labute approximate surface area is 201 Å². The summed E-state index contributed by atoms with van der Waals surface area (Å²) in [6.07, 6.45) is 1.95. The van der Waals surface area contributed by atoms with Crippen molar-refractivity contribution in [3.63, 3.8) is 0 Å². The molecular formula is C22H37N3O8Si. The first kappa shape index (κ1) is 29.5. The van der Waals surface area contributed by atoms with Crippen LogP contribution in [0.2, 0.25) is 18.1 Å². The molecule has 1 atom stereocenters. The summed E-state index contributed by atoms with van der Waals surface area (Å²) in [5.74, 6) is -0.307. The van der Waals surface area contributed by atoms with Gasteiger partial charge < -0.3 is 19.2 Å². The van der Waals surface area contributed by atoms with Gasteiger partial charge in [-0.15, -0.1) is 0 Å². The zero-order chi connectivity index (χ0) is 25.9. The van der Waals surface area contributed by atoms with Crippen LogP contribution in [-0.2, 0) is 18.7 Å². The number of nitro benzene ring substituents is 2. The summed E-state index contributed by atoms with van der Waals surface area (Å²) in [5, 5.41) is 24.9. The summed E-state index contributed by atoms with van der Waals surface area (Å²) < 4.78 is 16.9. The molecule has 0 amide bonds. The number of hydrogen-bond donors (Lipinski definition) is 1. The van der Waals surface area contributed by atoms with Crippen LogP contribution < -0.4 is 5.32 Å². The van der Waals surface area contributed by atoms with Gasteiger partial charge in [-0.1, -0.05) is 27.2 Å². The Morgan fingerprint density at radius 1 is 1.09 bits per heavy atom. The van der Waals surface area contributed by atoms with Crippen molar-refractivity contribution in [2.45, 2.75) is 70.7 Å². The van der Waals surface area contributed by atoms with E-state index in [4.69, 9.17) is 13.9 Å². The highest BCUT2D eigenvalue weighted by molar-refractivity contribution is 6.74. The Bertz CT molecular complexity index is 842. The molecule has 1 aromatic carbocycles. The number of rotatable bonds is 15. The number of nitrogens with zero attached hydrogens (tertiary/aromatic N) is 2. The lowest BCUT2D eigenvalue weighted by atomic mass is 10.2. The number of nitro groups is 2. The summed E-state index contributed by atoms with van der Waals surface area (Å²) in [6.45, 7) is 11.6. The van der Waals surface area contributed by atoms with E-state index in [2.05, 4.69) is 39.2 Å². The van der Waals surface area contributed by atoms with Crippen LogP contribution in [0.25, 0.3) is 0 Å². The maximum Gasteiger partial charge on any atom is 0.305 e. The molecule has 34 heavy (non-hydrogen) atoms. The van der Waals surface area contributed by atoms with E-state index in [0.29, 0.717) is 32.4 Å². The van der Waals surface area contributed by atoms with Crippen molar-refractivity contribution in [3.8, 4) is 0 Å². The van der Waals surface area contributed by atoms with Crippen LogP contribution in [0.1, 0.15) is 46.5 Å². The molecule has 1 rings (SSSR count). The van der Waals surface area contributed by atoms with E-state index in [1.807, 2.05) is 0 Å².